The van der Waals surface area contributed by atoms with E-state index in [1.165, 1.54) is 0 Å². The van der Waals surface area contributed by atoms with Crippen LogP contribution in [-0.4, -0.2) is 42.5 Å². The lowest BCUT2D eigenvalue weighted by atomic mass is 10.2. The molecule has 2 heterocycles. The van der Waals surface area contributed by atoms with Crippen LogP contribution in [0.5, 0.6) is 5.75 Å². The van der Waals surface area contributed by atoms with E-state index in [-0.39, 0.29) is 5.97 Å². The number of esters is 1. The third kappa shape index (κ3) is 6.06. The molecular weight excluding hydrogens is 400 g/mol. The summed E-state index contributed by atoms with van der Waals surface area (Å²) < 4.78 is 18.4. The Morgan fingerprint density at radius 2 is 2.03 bits per heavy atom. The van der Waals surface area contributed by atoms with E-state index in [1.54, 1.807) is 18.4 Å². The number of aromatic nitrogens is 2. The van der Waals surface area contributed by atoms with Gasteiger partial charge in [-0.1, -0.05) is 6.07 Å². The molecule has 3 rings (SSSR count). The van der Waals surface area contributed by atoms with E-state index < -0.39 is 0 Å². The van der Waals surface area contributed by atoms with E-state index in [1.807, 2.05) is 19.1 Å². The van der Waals surface area contributed by atoms with Gasteiger partial charge in [0.1, 0.15) is 5.75 Å². The molecule has 162 valence electrons. The SMILES string of the molecule is CCOC(=O)CCCCCOc1ccc2nc(-c3cccs3)n(CCCOC)c2c1. The number of methoxy groups -OCH3 is 1. The molecular formula is C23H30N2O4S. The summed E-state index contributed by atoms with van der Waals surface area (Å²) in [6.45, 7) is 4.46. The first kappa shape index (κ1) is 22.3. The van der Waals surface area contributed by atoms with Crippen molar-refractivity contribution >= 4 is 28.3 Å². The molecule has 0 amide bonds. The van der Waals surface area contributed by atoms with Crippen molar-refractivity contribution in [3.05, 3.63) is 35.7 Å². The molecule has 3 aromatic rings. The van der Waals surface area contributed by atoms with Gasteiger partial charge >= 0.3 is 5.97 Å². The lowest BCUT2D eigenvalue weighted by Crippen LogP contribution is -2.04. The number of hydrogen-bond acceptors (Lipinski definition) is 6. The van der Waals surface area contributed by atoms with Crippen LogP contribution in [0.15, 0.2) is 35.7 Å². The molecule has 2 aromatic heterocycles. The number of fused-ring (bicyclic) bond motifs is 1. The molecule has 0 aliphatic rings. The standard InChI is InChI=1S/C23H30N2O4S/c1-3-28-22(26)10-5-4-6-15-29-18-11-12-19-20(17-18)25(13-8-14-27-2)23(24-19)21-9-7-16-30-21/h7,9,11-12,16-17H,3-6,8,10,13-15H2,1-2H3. The van der Waals surface area contributed by atoms with Crippen molar-refractivity contribution in [2.45, 2.75) is 45.6 Å². The minimum absolute atomic E-state index is 0.118. The molecule has 6 nitrogen and oxygen atoms in total. The summed E-state index contributed by atoms with van der Waals surface area (Å²) in [6, 6.07) is 10.2. The van der Waals surface area contributed by atoms with Gasteiger partial charge in [-0.15, -0.1) is 11.3 Å². The fourth-order valence-corrected chi connectivity index (χ4v) is 4.07. The van der Waals surface area contributed by atoms with Gasteiger partial charge in [0.25, 0.3) is 0 Å². The second-order valence-corrected chi connectivity index (χ2v) is 7.97. The lowest BCUT2D eigenvalue weighted by molar-refractivity contribution is -0.143. The van der Waals surface area contributed by atoms with Crippen LogP contribution in [0, 0.1) is 0 Å². The molecule has 0 spiro atoms. The molecule has 0 radical (unpaired) electrons. The highest BCUT2D eigenvalue weighted by molar-refractivity contribution is 7.13. The van der Waals surface area contributed by atoms with E-state index >= 15 is 0 Å². The summed E-state index contributed by atoms with van der Waals surface area (Å²) in [5, 5.41) is 2.07. The molecule has 0 N–H and O–H groups in total. The first-order chi connectivity index (χ1) is 14.7. The van der Waals surface area contributed by atoms with Crippen molar-refractivity contribution in [3.63, 3.8) is 0 Å². The Kier molecular flexibility index (Phi) is 8.71. The van der Waals surface area contributed by atoms with Gasteiger partial charge in [-0.05, 0) is 56.2 Å². The summed E-state index contributed by atoms with van der Waals surface area (Å²) in [5.74, 6) is 1.72. The Balaban J connectivity index is 1.63. The number of imidazole rings is 1. The van der Waals surface area contributed by atoms with Gasteiger partial charge in [-0.2, -0.15) is 0 Å². The highest BCUT2D eigenvalue weighted by Crippen LogP contribution is 2.30. The van der Waals surface area contributed by atoms with Gasteiger partial charge < -0.3 is 18.8 Å². The summed E-state index contributed by atoms with van der Waals surface area (Å²) in [4.78, 5) is 17.4. The highest BCUT2D eigenvalue weighted by Gasteiger charge is 2.14. The van der Waals surface area contributed by atoms with Crippen LogP contribution in [0.3, 0.4) is 0 Å². The average Bonchev–Trinajstić information content (AvgIpc) is 3.39. The second-order valence-electron chi connectivity index (χ2n) is 7.03. The van der Waals surface area contributed by atoms with Crippen LogP contribution >= 0.6 is 11.3 Å². The third-order valence-corrected chi connectivity index (χ3v) is 5.66. The first-order valence-electron chi connectivity index (χ1n) is 10.5. The monoisotopic (exact) mass is 430 g/mol. The van der Waals surface area contributed by atoms with E-state index in [9.17, 15) is 4.79 Å². The second kappa shape index (κ2) is 11.7. The minimum atomic E-state index is -0.118. The van der Waals surface area contributed by atoms with Crippen LogP contribution in [0.4, 0.5) is 0 Å². The van der Waals surface area contributed by atoms with Crippen LogP contribution in [0.2, 0.25) is 0 Å². The molecule has 0 saturated heterocycles. The van der Waals surface area contributed by atoms with Crippen LogP contribution in [0.1, 0.15) is 39.0 Å². The third-order valence-electron chi connectivity index (χ3n) is 4.79. The smallest absolute Gasteiger partial charge is 0.305 e. The van der Waals surface area contributed by atoms with Gasteiger partial charge in [0.15, 0.2) is 5.82 Å². The molecule has 7 heteroatoms. The van der Waals surface area contributed by atoms with Gasteiger partial charge in [0.05, 0.1) is 29.1 Å². The zero-order valence-corrected chi connectivity index (χ0v) is 18.6. The van der Waals surface area contributed by atoms with Gasteiger partial charge in [0, 0.05) is 32.7 Å². The molecule has 0 atom stereocenters. The number of unbranched alkanes of at least 4 members (excludes halogenated alkanes) is 2. The molecule has 0 aliphatic heterocycles. The maximum Gasteiger partial charge on any atom is 0.305 e. The van der Waals surface area contributed by atoms with E-state index in [2.05, 4.69) is 28.1 Å². The van der Waals surface area contributed by atoms with Crippen LogP contribution < -0.4 is 4.74 Å². The minimum Gasteiger partial charge on any atom is -0.494 e. The fourth-order valence-electron chi connectivity index (χ4n) is 3.35. The average molecular weight is 431 g/mol. The number of carbonyl (C=O) groups is 1. The molecule has 0 unspecified atom stereocenters. The van der Waals surface area contributed by atoms with Gasteiger partial charge in [0.2, 0.25) is 0 Å². The number of hydrogen-bond donors (Lipinski definition) is 0. The number of thiophene rings is 1. The molecule has 1 aromatic carbocycles. The summed E-state index contributed by atoms with van der Waals surface area (Å²) in [5.41, 5.74) is 2.05. The largest absolute Gasteiger partial charge is 0.494 e. The van der Waals surface area contributed by atoms with Crippen molar-refractivity contribution in [3.8, 4) is 16.5 Å². The number of ether oxygens (including phenoxy) is 3. The Morgan fingerprint density at radius 3 is 2.80 bits per heavy atom. The fraction of sp³-hybridized carbons (Fsp3) is 0.478. The van der Waals surface area contributed by atoms with Crippen molar-refractivity contribution in [1.82, 2.24) is 9.55 Å². The van der Waals surface area contributed by atoms with Crippen LogP contribution in [0.25, 0.3) is 21.7 Å². The van der Waals surface area contributed by atoms with E-state index in [4.69, 9.17) is 19.2 Å². The predicted octanol–water partition coefficient (Wildman–Crippen LogP) is 5.30. The Morgan fingerprint density at radius 1 is 1.13 bits per heavy atom. The Labute approximate surface area is 181 Å². The summed E-state index contributed by atoms with van der Waals surface area (Å²) in [6.07, 6.45) is 4.08. The maximum atomic E-state index is 11.4. The van der Waals surface area contributed by atoms with Gasteiger partial charge in [-0.25, -0.2) is 4.98 Å². The predicted molar refractivity (Wildman–Crippen MR) is 120 cm³/mol. The van der Waals surface area contributed by atoms with Gasteiger partial charge in [-0.3, -0.25) is 4.79 Å². The van der Waals surface area contributed by atoms with Crippen molar-refractivity contribution in [2.75, 3.05) is 26.9 Å². The quantitative estimate of drug-likeness (QED) is 0.272. The maximum absolute atomic E-state index is 11.4. The molecule has 0 saturated carbocycles. The zero-order chi connectivity index (χ0) is 21.2. The zero-order valence-electron chi connectivity index (χ0n) is 17.8. The van der Waals surface area contributed by atoms with Crippen molar-refractivity contribution in [2.24, 2.45) is 0 Å². The highest BCUT2D eigenvalue weighted by atomic mass is 32.1. The first-order valence-corrected chi connectivity index (χ1v) is 11.4. The normalized spacial score (nSPS) is 11.1. The summed E-state index contributed by atoms with van der Waals surface area (Å²) >= 11 is 1.70. The number of benzene rings is 1. The number of rotatable bonds is 13. The topological polar surface area (TPSA) is 62.6 Å². The Hall–Kier alpha value is -2.38. The number of aryl methyl sites for hydroxylation is 1. The van der Waals surface area contributed by atoms with Crippen LogP contribution in [-0.2, 0) is 20.8 Å². The molecule has 0 fully saturated rings. The molecule has 0 aliphatic carbocycles. The van der Waals surface area contributed by atoms with E-state index in [0.29, 0.717) is 26.2 Å². The van der Waals surface area contributed by atoms with Crippen molar-refractivity contribution < 1.29 is 19.0 Å². The molecule has 0 bridgehead atoms. The summed E-state index contributed by atoms with van der Waals surface area (Å²) in [7, 11) is 1.73. The lowest BCUT2D eigenvalue weighted by Gasteiger charge is -2.10. The Bertz CT molecular complexity index is 921. The van der Waals surface area contributed by atoms with Crippen molar-refractivity contribution in [1.29, 1.82) is 0 Å². The number of carbonyl (C=O) groups excluding carboxylic acids is 1. The molecule has 30 heavy (non-hydrogen) atoms. The van der Waals surface area contributed by atoms with E-state index in [0.717, 1.165) is 59.7 Å². The number of nitrogens with zero attached hydrogens (tertiary/aromatic N) is 2.